The second kappa shape index (κ2) is 6.83. The highest BCUT2D eigenvalue weighted by atomic mass is 16.1. The SMILES string of the molecule is N#Cc1ccc(N2CCC(CC(=O)NC3CCC3)CC2)cc1. The lowest BCUT2D eigenvalue weighted by Gasteiger charge is -2.34. The summed E-state index contributed by atoms with van der Waals surface area (Å²) in [4.78, 5) is 14.3. The minimum Gasteiger partial charge on any atom is -0.372 e. The summed E-state index contributed by atoms with van der Waals surface area (Å²) >= 11 is 0. The van der Waals surface area contributed by atoms with Crippen molar-refractivity contribution in [3.05, 3.63) is 29.8 Å². The fourth-order valence-electron chi connectivity index (χ4n) is 3.24. The molecule has 0 spiro atoms. The topological polar surface area (TPSA) is 56.1 Å². The van der Waals surface area contributed by atoms with Crippen LogP contribution in [0.2, 0.25) is 0 Å². The van der Waals surface area contributed by atoms with Gasteiger partial charge in [-0.25, -0.2) is 0 Å². The molecular weight excluding hydrogens is 274 g/mol. The first kappa shape index (κ1) is 14.9. The molecule has 1 aromatic carbocycles. The quantitative estimate of drug-likeness (QED) is 0.929. The van der Waals surface area contributed by atoms with E-state index in [1.807, 2.05) is 24.3 Å². The molecule has 0 bridgehead atoms. The van der Waals surface area contributed by atoms with Gasteiger partial charge in [0.05, 0.1) is 11.6 Å². The maximum atomic E-state index is 12.0. The summed E-state index contributed by atoms with van der Waals surface area (Å²) in [5.74, 6) is 0.747. The van der Waals surface area contributed by atoms with Gasteiger partial charge in [0.2, 0.25) is 5.91 Å². The highest BCUT2D eigenvalue weighted by Crippen LogP contribution is 2.26. The lowest BCUT2D eigenvalue weighted by atomic mass is 9.90. The van der Waals surface area contributed by atoms with Gasteiger partial charge >= 0.3 is 0 Å². The highest BCUT2D eigenvalue weighted by Gasteiger charge is 2.24. The Morgan fingerprint density at radius 3 is 2.41 bits per heavy atom. The number of rotatable bonds is 4. The number of carbonyl (C=O) groups excluding carboxylic acids is 1. The molecule has 0 radical (unpaired) electrons. The van der Waals surface area contributed by atoms with Crippen molar-refractivity contribution in [2.75, 3.05) is 18.0 Å². The van der Waals surface area contributed by atoms with Crippen molar-refractivity contribution in [2.24, 2.45) is 5.92 Å². The molecule has 4 heteroatoms. The molecule has 1 N–H and O–H groups in total. The number of hydrogen-bond acceptors (Lipinski definition) is 3. The molecule has 116 valence electrons. The van der Waals surface area contributed by atoms with Gasteiger partial charge in [-0.3, -0.25) is 4.79 Å². The Morgan fingerprint density at radius 1 is 1.18 bits per heavy atom. The number of carbonyl (C=O) groups is 1. The molecule has 1 saturated heterocycles. The molecule has 0 atom stereocenters. The zero-order valence-electron chi connectivity index (χ0n) is 12.9. The minimum absolute atomic E-state index is 0.238. The van der Waals surface area contributed by atoms with Crippen molar-refractivity contribution in [1.29, 1.82) is 5.26 Å². The third-order valence-corrected chi connectivity index (χ3v) is 4.92. The Labute approximate surface area is 132 Å². The van der Waals surface area contributed by atoms with Gasteiger partial charge in [0.1, 0.15) is 0 Å². The van der Waals surface area contributed by atoms with Crippen molar-refractivity contribution in [1.82, 2.24) is 5.32 Å². The van der Waals surface area contributed by atoms with Gasteiger partial charge in [0, 0.05) is 31.2 Å². The van der Waals surface area contributed by atoms with Crippen molar-refractivity contribution >= 4 is 11.6 Å². The summed E-state index contributed by atoms with van der Waals surface area (Å²) in [6, 6.07) is 10.4. The van der Waals surface area contributed by atoms with Gasteiger partial charge in [-0.1, -0.05) is 0 Å². The van der Waals surface area contributed by atoms with Crippen molar-refractivity contribution in [3.8, 4) is 6.07 Å². The van der Waals surface area contributed by atoms with Gasteiger partial charge in [0.25, 0.3) is 0 Å². The van der Waals surface area contributed by atoms with E-state index in [4.69, 9.17) is 5.26 Å². The fourth-order valence-corrected chi connectivity index (χ4v) is 3.24. The van der Waals surface area contributed by atoms with Crippen LogP contribution in [0, 0.1) is 17.2 Å². The van der Waals surface area contributed by atoms with Crippen molar-refractivity contribution in [2.45, 2.75) is 44.6 Å². The summed E-state index contributed by atoms with van der Waals surface area (Å²) in [5.41, 5.74) is 1.88. The Hall–Kier alpha value is -2.02. The van der Waals surface area contributed by atoms with E-state index < -0.39 is 0 Å². The average Bonchev–Trinajstić information content (AvgIpc) is 2.52. The van der Waals surface area contributed by atoms with E-state index in [-0.39, 0.29) is 5.91 Å². The zero-order valence-corrected chi connectivity index (χ0v) is 12.9. The Morgan fingerprint density at radius 2 is 1.86 bits per heavy atom. The lowest BCUT2D eigenvalue weighted by Crippen LogP contribution is -2.41. The molecule has 2 fully saturated rings. The molecule has 4 nitrogen and oxygen atoms in total. The van der Waals surface area contributed by atoms with Gasteiger partial charge in [-0.15, -0.1) is 0 Å². The monoisotopic (exact) mass is 297 g/mol. The summed E-state index contributed by atoms with van der Waals surface area (Å²) in [6.07, 6.45) is 6.38. The number of amides is 1. The van der Waals surface area contributed by atoms with Crippen molar-refractivity contribution < 1.29 is 4.79 Å². The molecule has 1 saturated carbocycles. The second-order valence-corrected chi connectivity index (χ2v) is 6.49. The number of hydrogen-bond donors (Lipinski definition) is 1. The predicted molar refractivity (Wildman–Crippen MR) is 86.5 cm³/mol. The number of anilines is 1. The molecule has 1 aliphatic heterocycles. The molecule has 1 amide bonds. The normalized spacial score (nSPS) is 19.3. The molecule has 3 rings (SSSR count). The van der Waals surface area contributed by atoms with E-state index in [2.05, 4.69) is 16.3 Å². The van der Waals surface area contributed by atoms with E-state index in [1.165, 1.54) is 12.1 Å². The van der Waals surface area contributed by atoms with Gasteiger partial charge in [0.15, 0.2) is 0 Å². The lowest BCUT2D eigenvalue weighted by molar-refractivity contribution is -0.123. The Balaban J connectivity index is 1.45. The van der Waals surface area contributed by atoms with Crippen LogP contribution < -0.4 is 10.2 Å². The van der Waals surface area contributed by atoms with Crippen LogP contribution in [0.4, 0.5) is 5.69 Å². The first-order valence-corrected chi connectivity index (χ1v) is 8.29. The average molecular weight is 297 g/mol. The third-order valence-electron chi connectivity index (χ3n) is 4.92. The number of nitriles is 1. The van der Waals surface area contributed by atoms with Crippen LogP contribution in [0.1, 0.15) is 44.1 Å². The van der Waals surface area contributed by atoms with E-state index >= 15 is 0 Å². The molecule has 1 aliphatic carbocycles. The van der Waals surface area contributed by atoms with Gasteiger partial charge in [-0.2, -0.15) is 5.26 Å². The molecule has 1 heterocycles. The standard InChI is InChI=1S/C18H23N3O/c19-13-15-4-6-17(7-5-15)21-10-8-14(9-11-21)12-18(22)20-16-2-1-3-16/h4-7,14,16H,1-3,8-12H2,(H,20,22). The molecule has 1 aromatic rings. The van der Waals surface area contributed by atoms with Gasteiger partial charge in [-0.05, 0) is 62.3 Å². The van der Waals surface area contributed by atoms with Crippen LogP contribution in [0.15, 0.2) is 24.3 Å². The largest absolute Gasteiger partial charge is 0.372 e. The fraction of sp³-hybridized carbons (Fsp3) is 0.556. The molecule has 22 heavy (non-hydrogen) atoms. The van der Waals surface area contributed by atoms with Crippen LogP contribution in [0.25, 0.3) is 0 Å². The Kier molecular flexibility index (Phi) is 4.62. The number of piperidine rings is 1. The molecular formula is C18H23N3O. The maximum Gasteiger partial charge on any atom is 0.220 e. The summed E-state index contributed by atoms with van der Waals surface area (Å²) in [5, 5.41) is 12.0. The van der Waals surface area contributed by atoms with Crippen LogP contribution in [-0.2, 0) is 4.79 Å². The first-order chi connectivity index (χ1) is 10.7. The zero-order chi connectivity index (χ0) is 15.4. The van der Waals surface area contributed by atoms with E-state index in [9.17, 15) is 4.79 Å². The van der Waals surface area contributed by atoms with Crippen molar-refractivity contribution in [3.63, 3.8) is 0 Å². The van der Waals surface area contributed by atoms with E-state index in [0.29, 0.717) is 23.9 Å². The van der Waals surface area contributed by atoms with E-state index in [1.54, 1.807) is 0 Å². The van der Waals surface area contributed by atoms with E-state index in [0.717, 1.165) is 38.8 Å². The molecule has 0 aromatic heterocycles. The predicted octanol–water partition coefficient (Wildman–Crippen LogP) is 2.83. The first-order valence-electron chi connectivity index (χ1n) is 8.29. The van der Waals surface area contributed by atoms with Gasteiger partial charge < -0.3 is 10.2 Å². The van der Waals surface area contributed by atoms with Crippen LogP contribution in [0.5, 0.6) is 0 Å². The summed E-state index contributed by atoms with van der Waals surface area (Å²) < 4.78 is 0. The summed E-state index contributed by atoms with van der Waals surface area (Å²) in [7, 11) is 0. The minimum atomic E-state index is 0.238. The smallest absolute Gasteiger partial charge is 0.220 e. The number of benzene rings is 1. The molecule has 2 aliphatic rings. The number of nitrogens with one attached hydrogen (secondary N) is 1. The van der Waals surface area contributed by atoms with Crippen LogP contribution in [-0.4, -0.2) is 25.0 Å². The molecule has 0 unspecified atom stereocenters. The number of nitrogens with zero attached hydrogens (tertiary/aromatic N) is 2. The van der Waals surface area contributed by atoms with Crippen LogP contribution in [0.3, 0.4) is 0 Å². The second-order valence-electron chi connectivity index (χ2n) is 6.49. The third kappa shape index (κ3) is 3.59. The Bertz CT molecular complexity index is 549. The summed E-state index contributed by atoms with van der Waals surface area (Å²) in [6.45, 7) is 1.99. The maximum absolute atomic E-state index is 12.0. The van der Waals surface area contributed by atoms with Crippen LogP contribution >= 0.6 is 0 Å². The highest BCUT2D eigenvalue weighted by molar-refractivity contribution is 5.76.